The molecule has 4 rings (SSSR count). The van der Waals surface area contributed by atoms with E-state index in [-0.39, 0.29) is 18.0 Å². The Morgan fingerprint density at radius 1 is 1.32 bits per heavy atom. The summed E-state index contributed by atoms with van der Waals surface area (Å²) in [7, 11) is 0. The number of nitrogens with zero attached hydrogens (tertiary/aromatic N) is 4. The number of hydrogen-bond donors (Lipinski definition) is 1. The van der Waals surface area contributed by atoms with E-state index in [1.165, 1.54) is 22.2 Å². The molecule has 0 atom stereocenters. The molecule has 1 fully saturated rings. The number of aryl methyl sites for hydroxylation is 1. The molecule has 0 spiro atoms. The molecule has 28 heavy (non-hydrogen) atoms. The smallest absolute Gasteiger partial charge is 0.273 e. The minimum atomic E-state index is -0.314. The van der Waals surface area contributed by atoms with Crippen LogP contribution < -0.4 is 15.8 Å². The summed E-state index contributed by atoms with van der Waals surface area (Å²) >= 11 is 9.25. The molecule has 3 heterocycles. The van der Waals surface area contributed by atoms with Gasteiger partial charge in [0.1, 0.15) is 17.6 Å². The zero-order valence-corrected chi connectivity index (χ0v) is 17.5. The first-order chi connectivity index (χ1) is 13.5. The highest BCUT2D eigenvalue weighted by Gasteiger charge is 2.18. The number of carbonyl (C=O) groups excluding carboxylic acids is 1. The number of halogens is 1. The number of nitrogens with one attached hydrogen (secondary N) is 1. The molecule has 1 aliphatic rings. The van der Waals surface area contributed by atoms with Crippen molar-refractivity contribution in [2.75, 3.05) is 34.8 Å². The molecule has 0 bridgehead atoms. The molecule has 2 aromatic heterocycles. The van der Waals surface area contributed by atoms with Gasteiger partial charge < -0.3 is 10.2 Å². The van der Waals surface area contributed by atoms with Gasteiger partial charge in [0, 0.05) is 35.3 Å². The molecule has 10 heteroatoms. The topological polar surface area (TPSA) is 80.1 Å². The van der Waals surface area contributed by atoms with Crippen LogP contribution in [0, 0.1) is 6.92 Å². The fourth-order valence-electron chi connectivity index (χ4n) is 2.91. The molecule has 1 aliphatic heterocycles. The van der Waals surface area contributed by atoms with Gasteiger partial charge in [-0.3, -0.25) is 14.2 Å². The van der Waals surface area contributed by atoms with Gasteiger partial charge in [0.15, 0.2) is 10.8 Å². The summed E-state index contributed by atoms with van der Waals surface area (Å²) in [4.78, 5) is 36.2. The zero-order chi connectivity index (χ0) is 19.7. The molecule has 0 aliphatic carbocycles. The van der Waals surface area contributed by atoms with E-state index in [9.17, 15) is 9.59 Å². The molecule has 0 radical (unpaired) electrons. The van der Waals surface area contributed by atoms with Crippen LogP contribution in [0.5, 0.6) is 0 Å². The molecule has 0 saturated carbocycles. The second-order valence-electron chi connectivity index (χ2n) is 6.43. The molecular weight excluding hydrogens is 418 g/mol. The number of benzene rings is 1. The summed E-state index contributed by atoms with van der Waals surface area (Å²) in [6, 6.07) is 5.28. The first-order valence-electron chi connectivity index (χ1n) is 8.76. The van der Waals surface area contributed by atoms with Gasteiger partial charge in [-0.15, -0.1) is 0 Å². The van der Waals surface area contributed by atoms with Crippen molar-refractivity contribution in [3.63, 3.8) is 0 Å². The van der Waals surface area contributed by atoms with Crippen molar-refractivity contribution in [2.24, 2.45) is 0 Å². The van der Waals surface area contributed by atoms with Crippen LogP contribution in [-0.2, 0) is 11.3 Å². The van der Waals surface area contributed by atoms with E-state index in [4.69, 9.17) is 11.6 Å². The van der Waals surface area contributed by atoms with Gasteiger partial charge in [-0.1, -0.05) is 29.0 Å². The van der Waals surface area contributed by atoms with Gasteiger partial charge >= 0.3 is 0 Å². The number of fused-ring (bicyclic) bond motifs is 1. The quantitative estimate of drug-likeness (QED) is 0.678. The maximum absolute atomic E-state index is 12.8. The van der Waals surface area contributed by atoms with Crippen LogP contribution in [0.1, 0.15) is 5.56 Å². The number of rotatable bonds is 4. The third-order valence-electron chi connectivity index (χ3n) is 4.44. The third kappa shape index (κ3) is 4.01. The Morgan fingerprint density at radius 2 is 2.11 bits per heavy atom. The molecule has 1 saturated heterocycles. The molecule has 1 N–H and O–H groups in total. The summed E-state index contributed by atoms with van der Waals surface area (Å²) in [5.41, 5.74) is 1.71. The first-order valence-corrected chi connectivity index (χ1v) is 11.1. The number of thiazole rings is 1. The van der Waals surface area contributed by atoms with Crippen LogP contribution in [0.2, 0.25) is 5.02 Å². The summed E-state index contributed by atoms with van der Waals surface area (Å²) in [5, 5.41) is 4.15. The lowest BCUT2D eigenvalue weighted by atomic mass is 10.2. The van der Waals surface area contributed by atoms with Crippen molar-refractivity contribution in [1.82, 2.24) is 14.5 Å². The van der Waals surface area contributed by atoms with E-state index >= 15 is 0 Å². The Balaban J connectivity index is 1.55. The van der Waals surface area contributed by atoms with E-state index in [0.29, 0.717) is 21.1 Å². The van der Waals surface area contributed by atoms with Crippen LogP contribution in [0.25, 0.3) is 10.3 Å². The van der Waals surface area contributed by atoms with E-state index in [1.807, 2.05) is 24.8 Å². The van der Waals surface area contributed by atoms with Crippen molar-refractivity contribution in [1.29, 1.82) is 0 Å². The molecular formula is C18H18ClN5O2S2. The largest absolute Gasteiger partial charge is 0.346 e. The fraction of sp³-hybridized carbons (Fsp3) is 0.333. The lowest BCUT2D eigenvalue weighted by Crippen LogP contribution is -2.32. The van der Waals surface area contributed by atoms with Crippen LogP contribution in [0.3, 0.4) is 0 Å². The summed E-state index contributed by atoms with van der Waals surface area (Å²) in [5.74, 6) is 1.79. The summed E-state index contributed by atoms with van der Waals surface area (Å²) < 4.78 is 1.79. The fourth-order valence-corrected chi connectivity index (χ4v) is 5.01. The number of aromatic nitrogens is 3. The van der Waals surface area contributed by atoms with Crippen molar-refractivity contribution in [3.8, 4) is 0 Å². The monoisotopic (exact) mass is 435 g/mol. The van der Waals surface area contributed by atoms with Gasteiger partial charge in [0.05, 0.1) is 0 Å². The van der Waals surface area contributed by atoms with Crippen molar-refractivity contribution >= 4 is 61.8 Å². The van der Waals surface area contributed by atoms with Crippen LogP contribution in [0.4, 0.5) is 10.8 Å². The lowest BCUT2D eigenvalue weighted by molar-refractivity contribution is -0.116. The van der Waals surface area contributed by atoms with E-state index in [1.54, 1.807) is 12.1 Å². The maximum Gasteiger partial charge on any atom is 0.273 e. The predicted molar refractivity (Wildman–Crippen MR) is 116 cm³/mol. The summed E-state index contributed by atoms with van der Waals surface area (Å²) in [6.45, 7) is 3.59. The van der Waals surface area contributed by atoms with Crippen molar-refractivity contribution in [3.05, 3.63) is 45.5 Å². The normalized spacial score (nSPS) is 14.4. The highest BCUT2D eigenvalue weighted by Crippen LogP contribution is 2.27. The first kappa shape index (κ1) is 19.2. The van der Waals surface area contributed by atoms with Gasteiger partial charge in [-0.2, -0.15) is 16.7 Å². The highest BCUT2D eigenvalue weighted by atomic mass is 35.5. The van der Waals surface area contributed by atoms with Gasteiger partial charge in [-0.05, 0) is 24.6 Å². The Kier molecular flexibility index (Phi) is 5.56. The van der Waals surface area contributed by atoms with Crippen molar-refractivity contribution < 1.29 is 4.79 Å². The average molecular weight is 436 g/mol. The second kappa shape index (κ2) is 8.10. The SMILES string of the molecule is Cc1ccc(Cl)cc1NC(=O)Cn1cnc2nc(N3CCSCC3)sc2c1=O. The second-order valence-corrected chi connectivity index (χ2v) is 9.07. The number of thioether (sulfide) groups is 1. The summed E-state index contributed by atoms with van der Waals surface area (Å²) in [6.07, 6.45) is 1.38. The predicted octanol–water partition coefficient (Wildman–Crippen LogP) is 3.01. The van der Waals surface area contributed by atoms with Crippen LogP contribution in [0.15, 0.2) is 29.3 Å². The third-order valence-corrected chi connectivity index (χ3v) is 6.71. The number of carbonyl (C=O) groups is 1. The van der Waals surface area contributed by atoms with E-state index in [2.05, 4.69) is 20.2 Å². The van der Waals surface area contributed by atoms with Crippen molar-refractivity contribution in [2.45, 2.75) is 13.5 Å². The lowest BCUT2D eigenvalue weighted by Gasteiger charge is -2.25. The van der Waals surface area contributed by atoms with Gasteiger partial charge in [0.2, 0.25) is 5.91 Å². The Hall–Kier alpha value is -2.10. The van der Waals surface area contributed by atoms with Crippen LogP contribution in [-0.4, -0.2) is 45.0 Å². The average Bonchev–Trinajstić information content (AvgIpc) is 3.13. The molecule has 1 aromatic carbocycles. The molecule has 146 valence electrons. The highest BCUT2D eigenvalue weighted by molar-refractivity contribution is 7.99. The minimum absolute atomic E-state index is 0.124. The Labute approximate surface area is 174 Å². The van der Waals surface area contributed by atoms with E-state index < -0.39 is 0 Å². The standard InChI is InChI=1S/C18H18ClN5O2S2/c1-11-2-3-12(19)8-13(11)21-14(25)9-24-10-20-16-15(17(24)26)28-18(22-16)23-4-6-27-7-5-23/h2-3,8,10H,4-7,9H2,1H3,(H,21,25). The minimum Gasteiger partial charge on any atom is -0.346 e. The number of anilines is 2. The Bertz CT molecular complexity index is 1090. The Morgan fingerprint density at radius 3 is 2.89 bits per heavy atom. The molecule has 1 amide bonds. The van der Waals surface area contributed by atoms with E-state index in [0.717, 1.165) is 35.3 Å². The van der Waals surface area contributed by atoms with Gasteiger partial charge in [0.25, 0.3) is 5.56 Å². The van der Waals surface area contributed by atoms with Crippen LogP contribution >= 0.6 is 34.7 Å². The molecule has 0 unspecified atom stereocenters. The maximum atomic E-state index is 12.8. The zero-order valence-electron chi connectivity index (χ0n) is 15.1. The number of hydrogen-bond acceptors (Lipinski definition) is 7. The molecule has 7 nitrogen and oxygen atoms in total. The molecule has 3 aromatic rings. The van der Waals surface area contributed by atoms with Gasteiger partial charge in [-0.25, -0.2) is 4.98 Å². The number of amides is 1.